The van der Waals surface area contributed by atoms with Crippen LogP contribution >= 0.6 is 0 Å². The summed E-state index contributed by atoms with van der Waals surface area (Å²) in [7, 11) is 0. The molecule has 0 aliphatic rings. The molecule has 1 heterocycles. The molecule has 0 spiro atoms. The summed E-state index contributed by atoms with van der Waals surface area (Å²) in [6.07, 6.45) is 0.540. The molecule has 1 atom stereocenters. The van der Waals surface area contributed by atoms with Crippen LogP contribution in [0.1, 0.15) is 29.4 Å². The Kier molecular flexibility index (Phi) is 4.51. The molecule has 1 N–H and O–H groups in total. The fourth-order valence-electron chi connectivity index (χ4n) is 3.07. The van der Waals surface area contributed by atoms with Gasteiger partial charge >= 0.3 is 0 Å². The summed E-state index contributed by atoms with van der Waals surface area (Å²) in [5.74, 6) is 0. The van der Waals surface area contributed by atoms with Crippen molar-refractivity contribution in [2.75, 3.05) is 0 Å². The van der Waals surface area contributed by atoms with Gasteiger partial charge in [0, 0.05) is 12.1 Å². The van der Waals surface area contributed by atoms with Gasteiger partial charge in [0.2, 0.25) is 0 Å². The van der Waals surface area contributed by atoms with Crippen molar-refractivity contribution in [1.29, 1.82) is 0 Å². The Balaban J connectivity index is 2.00. The van der Waals surface area contributed by atoms with Gasteiger partial charge < -0.3 is 0 Å². The average molecular weight is 322 g/mol. The fraction of sp³-hybridized carbons (Fsp3) is 0.250. The average Bonchev–Trinajstić information content (AvgIpc) is 2.91. The molecular formula is C20H22N2O2. The quantitative estimate of drug-likeness (QED) is 0.558. The largest absolute Gasteiger partial charge is 0.251 e. The van der Waals surface area contributed by atoms with E-state index in [1.165, 1.54) is 0 Å². The van der Waals surface area contributed by atoms with Crippen molar-refractivity contribution in [3.63, 3.8) is 0 Å². The first-order chi connectivity index (χ1) is 11.5. The molecule has 124 valence electrons. The third-order valence-corrected chi connectivity index (χ3v) is 4.54. The van der Waals surface area contributed by atoms with Crippen LogP contribution in [0.5, 0.6) is 0 Å². The maximum absolute atomic E-state index is 9.58. The maximum Gasteiger partial charge on any atom is 0.129 e. The highest BCUT2D eigenvalue weighted by atomic mass is 17.1. The number of aryl methyl sites for hydroxylation is 1. The molecule has 0 saturated heterocycles. The highest BCUT2D eigenvalue weighted by molar-refractivity contribution is 5.38. The van der Waals surface area contributed by atoms with E-state index in [0.29, 0.717) is 6.42 Å². The lowest BCUT2D eigenvalue weighted by Gasteiger charge is -2.26. The molecule has 0 bridgehead atoms. The summed E-state index contributed by atoms with van der Waals surface area (Å²) in [5.41, 5.74) is 4.21. The van der Waals surface area contributed by atoms with Gasteiger partial charge in [-0.1, -0.05) is 48.5 Å². The Labute approximate surface area is 142 Å². The first-order valence-electron chi connectivity index (χ1n) is 8.04. The van der Waals surface area contributed by atoms with Gasteiger partial charge in [-0.05, 0) is 44.0 Å². The summed E-state index contributed by atoms with van der Waals surface area (Å²) < 4.78 is 1.94. The molecule has 24 heavy (non-hydrogen) atoms. The number of para-hydroxylation sites is 1. The third kappa shape index (κ3) is 2.98. The first-order valence-corrected chi connectivity index (χ1v) is 8.04. The van der Waals surface area contributed by atoms with Crippen molar-refractivity contribution in [2.24, 2.45) is 0 Å². The van der Waals surface area contributed by atoms with Gasteiger partial charge in [0.15, 0.2) is 0 Å². The predicted molar refractivity (Wildman–Crippen MR) is 94.2 cm³/mol. The van der Waals surface area contributed by atoms with Crippen molar-refractivity contribution >= 4 is 0 Å². The lowest BCUT2D eigenvalue weighted by Crippen LogP contribution is -2.28. The highest BCUT2D eigenvalue weighted by Crippen LogP contribution is 2.31. The van der Waals surface area contributed by atoms with Crippen molar-refractivity contribution in [1.82, 2.24) is 9.78 Å². The first kappa shape index (κ1) is 16.4. The van der Waals surface area contributed by atoms with Crippen LogP contribution in [0.2, 0.25) is 0 Å². The monoisotopic (exact) mass is 322 g/mol. The minimum Gasteiger partial charge on any atom is -0.251 e. The van der Waals surface area contributed by atoms with Gasteiger partial charge in [-0.25, -0.2) is 9.57 Å². The topological polar surface area (TPSA) is 47.3 Å². The lowest BCUT2D eigenvalue weighted by molar-refractivity contribution is -0.323. The van der Waals surface area contributed by atoms with Gasteiger partial charge in [-0.3, -0.25) is 5.26 Å². The van der Waals surface area contributed by atoms with Gasteiger partial charge in [0.1, 0.15) is 5.60 Å². The van der Waals surface area contributed by atoms with E-state index in [4.69, 9.17) is 4.89 Å². The minimum absolute atomic E-state index is 0.540. The van der Waals surface area contributed by atoms with Crippen LogP contribution in [0.25, 0.3) is 5.69 Å². The number of aromatic nitrogens is 2. The van der Waals surface area contributed by atoms with Crippen molar-refractivity contribution < 1.29 is 10.1 Å². The Morgan fingerprint density at radius 2 is 1.58 bits per heavy atom. The molecule has 0 fully saturated rings. The predicted octanol–water partition coefficient (Wildman–Crippen LogP) is 4.44. The number of hydrogen-bond acceptors (Lipinski definition) is 3. The van der Waals surface area contributed by atoms with Crippen LogP contribution in [-0.4, -0.2) is 15.0 Å². The zero-order chi connectivity index (χ0) is 17.2. The molecule has 3 rings (SSSR count). The molecule has 4 nitrogen and oxygen atoms in total. The van der Waals surface area contributed by atoms with Crippen LogP contribution in [0, 0.1) is 13.8 Å². The van der Waals surface area contributed by atoms with Crippen molar-refractivity contribution in [3.8, 4) is 5.69 Å². The number of benzene rings is 2. The Bertz CT molecular complexity index is 812. The van der Waals surface area contributed by atoms with E-state index in [1.807, 2.05) is 86.1 Å². The molecule has 0 saturated carbocycles. The number of rotatable bonds is 5. The molecule has 0 aliphatic heterocycles. The Morgan fingerprint density at radius 1 is 1.00 bits per heavy atom. The fourth-order valence-corrected chi connectivity index (χ4v) is 3.07. The van der Waals surface area contributed by atoms with E-state index in [0.717, 1.165) is 28.2 Å². The molecular weight excluding hydrogens is 300 g/mol. The maximum atomic E-state index is 9.58. The summed E-state index contributed by atoms with van der Waals surface area (Å²) in [4.78, 5) is 4.92. The molecule has 1 aromatic heterocycles. The smallest absolute Gasteiger partial charge is 0.129 e. The number of hydrogen-bond donors (Lipinski definition) is 1. The third-order valence-electron chi connectivity index (χ3n) is 4.54. The summed E-state index contributed by atoms with van der Waals surface area (Å²) >= 11 is 0. The van der Waals surface area contributed by atoms with E-state index in [9.17, 15) is 5.26 Å². The molecule has 0 aliphatic carbocycles. The highest BCUT2D eigenvalue weighted by Gasteiger charge is 2.31. The van der Waals surface area contributed by atoms with Gasteiger partial charge in [-0.15, -0.1) is 0 Å². The molecule has 0 amide bonds. The van der Waals surface area contributed by atoms with E-state index in [-0.39, 0.29) is 0 Å². The van der Waals surface area contributed by atoms with Crippen molar-refractivity contribution in [2.45, 2.75) is 32.8 Å². The summed E-state index contributed by atoms with van der Waals surface area (Å²) in [6, 6.07) is 19.8. The summed E-state index contributed by atoms with van der Waals surface area (Å²) in [5, 5.41) is 14.3. The second-order valence-electron chi connectivity index (χ2n) is 6.26. The molecule has 1 unspecified atom stereocenters. The molecule has 4 heteroatoms. The Morgan fingerprint density at radius 3 is 2.17 bits per heavy atom. The number of nitrogens with zero attached hydrogens (tertiary/aromatic N) is 2. The molecule has 0 radical (unpaired) electrons. The van der Waals surface area contributed by atoms with Crippen LogP contribution in [0.4, 0.5) is 0 Å². The van der Waals surface area contributed by atoms with E-state index < -0.39 is 5.60 Å². The lowest BCUT2D eigenvalue weighted by atomic mass is 9.88. The van der Waals surface area contributed by atoms with Gasteiger partial charge in [0.25, 0.3) is 0 Å². The van der Waals surface area contributed by atoms with Gasteiger partial charge in [-0.2, -0.15) is 5.10 Å². The zero-order valence-electron chi connectivity index (χ0n) is 14.2. The van der Waals surface area contributed by atoms with E-state index >= 15 is 0 Å². The van der Waals surface area contributed by atoms with Crippen LogP contribution < -0.4 is 0 Å². The molecule has 3 aromatic rings. The SMILES string of the molecule is Cc1nn(-c2ccccc2)c(C)c1CC(C)(OO)c1ccccc1. The summed E-state index contributed by atoms with van der Waals surface area (Å²) in [6.45, 7) is 5.93. The van der Waals surface area contributed by atoms with E-state index in [2.05, 4.69) is 5.10 Å². The zero-order valence-corrected chi connectivity index (χ0v) is 14.2. The Hall–Kier alpha value is -2.43. The van der Waals surface area contributed by atoms with E-state index in [1.54, 1.807) is 0 Å². The molecule has 2 aromatic carbocycles. The second-order valence-corrected chi connectivity index (χ2v) is 6.26. The van der Waals surface area contributed by atoms with Crippen LogP contribution in [0.15, 0.2) is 60.7 Å². The van der Waals surface area contributed by atoms with Crippen LogP contribution in [-0.2, 0) is 16.9 Å². The normalized spacial score (nSPS) is 13.7. The minimum atomic E-state index is -0.818. The standard InChI is InChI=1S/C20H22N2O2/c1-15-19(14-20(3,24-23)17-10-6-4-7-11-17)16(2)22(21-15)18-12-8-5-9-13-18/h4-13,23H,14H2,1-3H3. The van der Waals surface area contributed by atoms with Gasteiger partial charge in [0.05, 0.1) is 11.4 Å². The second kappa shape index (κ2) is 6.59. The van der Waals surface area contributed by atoms with Crippen LogP contribution in [0.3, 0.4) is 0 Å². The van der Waals surface area contributed by atoms with Crippen molar-refractivity contribution in [3.05, 3.63) is 83.2 Å².